The zero-order valence-electron chi connectivity index (χ0n) is 14.0. The van der Waals surface area contributed by atoms with Crippen molar-refractivity contribution in [2.75, 3.05) is 18.4 Å². The SMILES string of the molecule is Cc1nc(CC(=O)Nc2cc(C(=O)N3CCCCC3)ccc2Cl)cs1. The molecule has 132 valence electrons. The Morgan fingerprint density at radius 3 is 2.72 bits per heavy atom. The number of amides is 2. The predicted molar refractivity (Wildman–Crippen MR) is 100 cm³/mol. The van der Waals surface area contributed by atoms with Crippen LogP contribution in [-0.2, 0) is 11.2 Å². The van der Waals surface area contributed by atoms with E-state index in [1.807, 2.05) is 17.2 Å². The minimum atomic E-state index is -0.199. The van der Waals surface area contributed by atoms with Crippen LogP contribution < -0.4 is 5.32 Å². The van der Waals surface area contributed by atoms with Gasteiger partial charge in [0.2, 0.25) is 5.91 Å². The van der Waals surface area contributed by atoms with Gasteiger partial charge >= 0.3 is 0 Å². The topological polar surface area (TPSA) is 62.3 Å². The maximum absolute atomic E-state index is 12.6. The first-order chi connectivity index (χ1) is 12.0. The summed E-state index contributed by atoms with van der Waals surface area (Å²) < 4.78 is 0. The summed E-state index contributed by atoms with van der Waals surface area (Å²) in [6, 6.07) is 5.02. The molecule has 2 heterocycles. The first-order valence-electron chi connectivity index (χ1n) is 8.32. The molecule has 1 aliphatic heterocycles. The molecule has 7 heteroatoms. The van der Waals surface area contributed by atoms with E-state index in [0.29, 0.717) is 16.3 Å². The Morgan fingerprint density at radius 1 is 1.28 bits per heavy atom. The smallest absolute Gasteiger partial charge is 0.253 e. The number of hydrogen-bond acceptors (Lipinski definition) is 4. The van der Waals surface area contributed by atoms with Crippen LogP contribution in [0, 0.1) is 6.92 Å². The summed E-state index contributed by atoms with van der Waals surface area (Å²) in [5.41, 5.74) is 1.74. The van der Waals surface area contributed by atoms with Crippen molar-refractivity contribution in [3.63, 3.8) is 0 Å². The molecule has 2 amide bonds. The van der Waals surface area contributed by atoms with Crippen LogP contribution in [0.2, 0.25) is 5.02 Å². The van der Waals surface area contributed by atoms with Crippen molar-refractivity contribution >= 4 is 40.4 Å². The van der Waals surface area contributed by atoms with E-state index in [1.165, 1.54) is 17.8 Å². The van der Waals surface area contributed by atoms with E-state index in [0.717, 1.165) is 36.6 Å². The number of nitrogens with one attached hydrogen (secondary N) is 1. The summed E-state index contributed by atoms with van der Waals surface area (Å²) in [4.78, 5) is 31.0. The van der Waals surface area contributed by atoms with Gasteiger partial charge in [-0.05, 0) is 44.4 Å². The molecule has 0 unspecified atom stereocenters. The number of benzene rings is 1. The second-order valence-corrected chi connectivity index (χ2v) is 7.60. The van der Waals surface area contributed by atoms with Gasteiger partial charge in [0.1, 0.15) is 0 Å². The van der Waals surface area contributed by atoms with Crippen LogP contribution >= 0.6 is 22.9 Å². The van der Waals surface area contributed by atoms with Crippen LogP contribution in [0.3, 0.4) is 0 Å². The molecule has 0 atom stereocenters. The second-order valence-electron chi connectivity index (χ2n) is 6.13. The molecule has 1 aliphatic rings. The van der Waals surface area contributed by atoms with Crippen molar-refractivity contribution < 1.29 is 9.59 Å². The Morgan fingerprint density at radius 2 is 2.04 bits per heavy atom. The lowest BCUT2D eigenvalue weighted by Gasteiger charge is -2.27. The molecule has 1 N–H and O–H groups in total. The summed E-state index contributed by atoms with van der Waals surface area (Å²) >= 11 is 7.70. The largest absolute Gasteiger partial charge is 0.339 e. The van der Waals surface area contributed by atoms with Gasteiger partial charge in [-0.3, -0.25) is 9.59 Å². The van der Waals surface area contributed by atoms with Gasteiger partial charge in [0.15, 0.2) is 0 Å². The van der Waals surface area contributed by atoms with Gasteiger partial charge in [-0.15, -0.1) is 11.3 Å². The maximum Gasteiger partial charge on any atom is 0.253 e. The van der Waals surface area contributed by atoms with Gasteiger partial charge in [-0.2, -0.15) is 0 Å². The highest BCUT2D eigenvalue weighted by Gasteiger charge is 2.19. The summed E-state index contributed by atoms with van der Waals surface area (Å²) in [7, 11) is 0. The van der Waals surface area contributed by atoms with Crippen molar-refractivity contribution in [2.45, 2.75) is 32.6 Å². The Bertz CT molecular complexity index is 784. The highest BCUT2D eigenvalue weighted by atomic mass is 35.5. The number of piperidine rings is 1. The van der Waals surface area contributed by atoms with E-state index < -0.39 is 0 Å². The fourth-order valence-corrected chi connectivity index (χ4v) is 3.66. The zero-order valence-corrected chi connectivity index (χ0v) is 15.6. The van der Waals surface area contributed by atoms with Crippen LogP contribution in [0.1, 0.15) is 40.3 Å². The molecule has 0 saturated carbocycles. The highest BCUT2D eigenvalue weighted by molar-refractivity contribution is 7.09. The molecule has 1 saturated heterocycles. The molecule has 5 nitrogen and oxygen atoms in total. The monoisotopic (exact) mass is 377 g/mol. The fraction of sp³-hybridized carbons (Fsp3) is 0.389. The average Bonchev–Trinajstić information content (AvgIpc) is 3.01. The molecule has 0 radical (unpaired) electrons. The summed E-state index contributed by atoms with van der Waals surface area (Å²) in [6.07, 6.45) is 3.43. The standard InChI is InChI=1S/C18H20ClN3O2S/c1-12-20-14(11-25-12)10-17(23)21-16-9-13(5-6-15(16)19)18(24)22-7-3-2-4-8-22/h5-6,9,11H,2-4,7-8,10H2,1H3,(H,21,23). The lowest BCUT2D eigenvalue weighted by atomic mass is 10.1. The average molecular weight is 378 g/mol. The third-order valence-electron chi connectivity index (χ3n) is 4.14. The van der Waals surface area contributed by atoms with Crippen LogP contribution in [0.5, 0.6) is 0 Å². The lowest BCUT2D eigenvalue weighted by Crippen LogP contribution is -2.35. The van der Waals surface area contributed by atoms with Crippen LogP contribution in [-0.4, -0.2) is 34.8 Å². The Kier molecular flexibility index (Phi) is 5.71. The van der Waals surface area contributed by atoms with E-state index in [2.05, 4.69) is 10.3 Å². The number of nitrogens with zero attached hydrogens (tertiary/aromatic N) is 2. The number of thiazole rings is 1. The van der Waals surface area contributed by atoms with Crippen LogP contribution in [0.25, 0.3) is 0 Å². The molecule has 3 rings (SSSR count). The van der Waals surface area contributed by atoms with Crippen molar-refractivity contribution in [1.29, 1.82) is 0 Å². The van der Waals surface area contributed by atoms with E-state index in [9.17, 15) is 9.59 Å². The van der Waals surface area contributed by atoms with Crippen molar-refractivity contribution in [2.24, 2.45) is 0 Å². The van der Waals surface area contributed by atoms with E-state index in [4.69, 9.17) is 11.6 Å². The quantitative estimate of drug-likeness (QED) is 0.878. The number of carbonyl (C=O) groups is 2. The van der Waals surface area contributed by atoms with E-state index in [-0.39, 0.29) is 18.2 Å². The molecule has 1 fully saturated rings. The number of likely N-dealkylation sites (tertiary alicyclic amines) is 1. The second kappa shape index (κ2) is 7.97. The van der Waals surface area contributed by atoms with Gasteiger partial charge < -0.3 is 10.2 Å². The van der Waals surface area contributed by atoms with Gasteiger partial charge in [-0.25, -0.2) is 4.98 Å². The number of anilines is 1. The number of aryl methyl sites for hydroxylation is 1. The predicted octanol–water partition coefficient (Wildman–Crippen LogP) is 3.91. The van der Waals surface area contributed by atoms with Crippen molar-refractivity contribution in [3.05, 3.63) is 44.9 Å². The molecule has 0 spiro atoms. The van der Waals surface area contributed by atoms with E-state index >= 15 is 0 Å². The Balaban J connectivity index is 1.70. The zero-order chi connectivity index (χ0) is 17.8. The number of carbonyl (C=O) groups excluding carboxylic acids is 2. The van der Waals surface area contributed by atoms with Crippen LogP contribution in [0.15, 0.2) is 23.6 Å². The Hall–Kier alpha value is -1.92. The normalized spacial score (nSPS) is 14.4. The Labute approximate surface area is 156 Å². The minimum Gasteiger partial charge on any atom is -0.339 e. The maximum atomic E-state index is 12.6. The molecular formula is C18H20ClN3O2S. The molecule has 2 aromatic rings. The minimum absolute atomic E-state index is 0.0120. The third kappa shape index (κ3) is 4.58. The number of aromatic nitrogens is 1. The molecular weight excluding hydrogens is 358 g/mol. The van der Waals surface area contributed by atoms with Crippen molar-refractivity contribution in [1.82, 2.24) is 9.88 Å². The number of rotatable bonds is 4. The summed E-state index contributed by atoms with van der Waals surface area (Å²) in [5, 5.41) is 6.00. The van der Waals surface area contributed by atoms with Gasteiger partial charge in [0.25, 0.3) is 5.91 Å². The van der Waals surface area contributed by atoms with Crippen molar-refractivity contribution in [3.8, 4) is 0 Å². The summed E-state index contributed by atoms with van der Waals surface area (Å²) in [6.45, 7) is 3.47. The molecule has 0 aliphatic carbocycles. The highest BCUT2D eigenvalue weighted by Crippen LogP contribution is 2.25. The lowest BCUT2D eigenvalue weighted by molar-refractivity contribution is -0.115. The van der Waals surface area contributed by atoms with Gasteiger partial charge in [-0.1, -0.05) is 11.6 Å². The first kappa shape index (κ1) is 17.9. The third-order valence-corrected chi connectivity index (χ3v) is 5.29. The van der Waals surface area contributed by atoms with E-state index in [1.54, 1.807) is 18.2 Å². The molecule has 1 aromatic carbocycles. The van der Waals surface area contributed by atoms with Gasteiger partial charge in [0.05, 0.1) is 27.8 Å². The first-order valence-corrected chi connectivity index (χ1v) is 9.58. The molecule has 25 heavy (non-hydrogen) atoms. The van der Waals surface area contributed by atoms with Crippen LogP contribution in [0.4, 0.5) is 5.69 Å². The number of halogens is 1. The fourth-order valence-electron chi connectivity index (χ4n) is 2.88. The van der Waals surface area contributed by atoms with Gasteiger partial charge in [0, 0.05) is 24.0 Å². The molecule has 0 bridgehead atoms. The summed E-state index contributed by atoms with van der Waals surface area (Å²) in [5.74, 6) is -0.211. The number of hydrogen-bond donors (Lipinski definition) is 1. The molecule has 1 aromatic heterocycles.